The molecule has 0 aliphatic carbocycles. The number of hydrogen-bond acceptors (Lipinski definition) is 5. The quantitative estimate of drug-likeness (QED) is 0.802. The molecular formula is C15H27N5. The highest BCUT2D eigenvalue weighted by molar-refractivity contribution is 5.58. The SMILES string of the molecule is CCNc1ncnc(NCCN2CCCC2)c1C(C)C. The number of anilines is 2. The van der Waals surface area contributed by atoms with Crippen molar-refractivity contribution in [3.63, 3.8) is 0 Å². The van der Waals surface area contributed by atoms with E-state index in [1.54, 1.807) is 6.33 Å². The van der Waals surface area contributed by atoms with Gasteiger partial charge in [0.2, 0.25) is 0 Å². The number of nitrogens with zero attached hydrogens (tertiary/aromatic N) is 3. The molecule has 0 bridgehead atoms. The first-order chi connectivity index (χ1) is 9.72. The third kappa shape index (κ3) is 3.82. The molecule has 0 amide bonds. The highest BCUT2D eigenvalue weighted by Crippen LogP contribution is 2.28. The number of hydrogen-bond donors (Lipinski definition) is 2. The molecule has 0 spiro atoms. The molecule has 1 saturated heterocycles. The van der Waals surface area contributed by atoms with Crippen LogP contribution in [0.3, 0.4) is 0 Å². The second-order valence-corrected chi connectivity index (χ2v) is 5.65. The lowest BCUT2D eigenvalue weighted by atomic mass is 10.0. The zero-order chi connectivity index (χ0) is 14.4. The number of rotatable bonds is 7. The monoisotopic (exact) mass is 277 g/mol. The maximum Gasteiger partial charge on any atom is 0.135 e. The van der Waals surface area contributed by atoms with Crippen molar-refractivity contribution in [2.45, 2.75) is 39.5 Å². The van der Waals surface area contributed by atoms with Gasteiger partial charge in [-0.3, -0.25) is 0 Å². The van der Waals surface area contributed by atoms with Crippen molar-refractivity contribution in [2.24, 2.45) is 0 Å². The lowest BCUT2D eigenvalue weighted by Crippen LogP contribution is -2.26. The Bertz CT molecular complexity index is 413. The number of aromatic nitrogens is 2. The topological polar surface area (TPSA) is 53.1 Å². The minimum Gasteiger partial charge on any atom is -0.370 e. The van der Waals surface area contributed by atoms with Crippen molar-refractivity contribution in [2.75, 3.05) is 43.4 Å². The van der Waals surface area contributed by atoms with Crippen LogP contribution in [0.15, 0.2) is 6.33 Å². The first-order valence-corrected chi connectivity index (χ1v) is 7.77. The summed E-state index contributed by atoms with van der Waals surface area (Å²) < 4.78 is 0. The number of likely N-dealkylation sites (tertiary alicyclic amines) is 1. The second kappa shape index (κ2) is 7.43. The summed E-state index contributed by atoms with van der Waals surface area (Å²) in [4.78, 5) is 11.3. The molecular weight excluding hydrogens is 250 g/mol. The highest BCUT2D eigenvalue weighted by atomic mass is 15.2. The summed E-state index contributed by atoms with van der Waals surface area (Å²) in [7, 11) is 0. The molecule has 5 heteroatoms. The van der Waals surface area contributed by atoms with Gasteiger partial charge < -0.3 is 15.5 Å². The molecule has 1 aromatic heterocycles. The third-order valence-electron chi connectivity index (χ3n) is 3.72. The molecule has 5 nitrogen and oxygen atoms in total. The van der Waals surface area contributed by atoms with E-state index in [-0.39, 0.29) is 0 Å². The van der Waals surface area contributed by atoms with Gasteiger partial charge in [-0.1, -0.05) is 13.8 Å². The van der Waals surface area contributed by atoms with Crippen molar-refractivity contribution < 1.29 is 0 Å². The van der Waals surface area contributed by atoms with Crippen molar-refractivity contribution in [1.82, 2.24) is 14.9 Å². The standard InChI is InChI=1S/C15H27N5/c1-4-16-14-13(12(2)3)15(19-11-18-14)17-7-10-20-8-5-6-9-20/h11-12H,4-10H2,1-3H3,(H2,16,17,18,19). The van der Waals surface area contributed by atoms with Crippen molar-refractivity contribution in [3.05, 3.63) is 11.9 Å². The summed E-state index contributed by atoms with van der Waals surface area (Å²) in [5.74, 6) is 2.34. The Morgan fingerprint density at radius 2 is 1.80 bits per heavy atom. The molecule has 0 unspecified atom stereocenters. The van der Waals surface area contributed by atoms with Crippen LogP contribution < -0.4 is 10.6 Å². The zero-order valence-electron chi connectivity index (χ0n) is 12.9. The molecule has 112 valence electrons. The van der Waals surface area contributed by atoms with Crippen LogP contribution in [0.4, 0.5) is 11.6 Å². The van der Waals surface area contributed by atoms with Crippen LogP contribution in [0.5, 0.6) is 0 Å². The van der Waals surface area contributed by atoms with E-state index in [0.717, 1.165) is 31.3 Å². The van der Waals surface area contributed by atoms with Crippen LogP contribution in [-0.4, -0.2) is 47.6 Å². The van der Waals surface area contributed by atoms with Crippen molar-refractivity contribution >= 4 is 11.6 Å². The lowest BCUT2D eigenvalue weighted by molar-refractivity contribution is 0.352. The first kappa shape index (κ1) is 15.0. The highest BCUT2D eigenvalue weighted by Gasteiger charge is 2.15. The van der Waals surface area contributed by atoms with Gasteiger partial charge in [0.25, 0.3) is 0 Å². The number of nitrogens with one attached hydrogen (secondary N) is 2. The fraction of sp³-hybridized carbons (Fsp3) is 0.733. The summed E-state index contributed by atoms with van der Waals surface area (Å²) >= 11 is 0. The molecule has 1 aromatic rings. The van der Waals surface area contributed by atoms with Crippen LogP contribution in [0.2, 0.25) is 0 Å². The molecule has 1 aliphatic rings. The molecule has 20 heavy (non-hydrogen) atoms. The Balaban J connectivity index is 1.99. The van der Waals surface area contributed by atoms with E-state index in [0.29, 0.717) is 5.92 Å². The van der Waals surface area contributed by atoms with Crippen LogP contribution in [0.25, 0.3) is 0 Å². The maximum absolute atomic E-state index is 4.43. The summed E-state index contributed by atoms with van der Waals surface area (Å²) in [5.41, 5.74) is 1.19. The predicted molar refractivity (Wildman–Crippen MR) is 84.4 cm³/mol. The average Bonchev–Trinajstić information content (AvgIpc) is 2.92. The molecule has 2 rings (SSSR count). The first-order valence-electron chi connectivity index (χ1n) is 7.77. The van der Waals surface area contributed by atoms with E-state index in [4.69, 9.17) is 0 Å². The van der Waals surface area contributed by atoms with Crippen molar-refractivity contribution in [1.29, 1.82) is 0 Å². The molecule has 1 fully saturated rings. The summed E-state index contributed by atoms with van der Waals surface area (Å²) in [6.45, 7) is 11.9. The van der Waals surface area contributed by atoms with Gasteiger partial charge >= 0.3 is 0 Å². The van der Waals surface area contributed by atoms with Gasteiger partial charge in [-0.2, -0.15) is 0 Å². The largest absolute Gasteiger partial charge is 0.370 e. The minimum absolute atomic E-state index is 0.402. The maximum atomic E-state index is 4.43. The van der Waals surface area contributed by atoms with Gasteiger partial charge in [0.15, 0.2) is 0 Å². The Hall–Kier alpha value is -1.36. The Kier molecular flexibility index (Phi) is 5.59. The normalized spacial score (nSPS) is 15.8. The predicted octanol–water partition coefficient (Wildman–Crippen LogP) is 2.54. The van der Waals surface area contributed by atoms with Gasteiger partial charge in [0.05, 0.1) is 0 Å². The van der Waals surface area contributed by atoms with Gasteiger partial charge in [-0.05, 0) is 38.8 Å². The van der Waals surface area contributed by atoms with E-state index < -0.39 is 0 Å². The third-order valence-corrected chi connectivity index (χ3v) is 3.72. The van der Waals surface area contributed by atoms with Gasteiger partial charge in [0.1, 0.15) is 18.0 Å². The van der Waals surface area contributed by atoms with E-state index >= 15 is 0 Å². The van der Waals surface area contributed by atoms with Crippen LogP contribution in [0, 0.1) is 0 Å². The summed E-state index contributed by atoms with van der Waals surface area (Å²) in [5, 5.41) is 6.82. The molecule has 0 saturated carbocycles. The fourth-order valence-corrected chi connectivity index (χ4v) is 2.73. The van der Waals surface area contributed by atoms with Gasteiger partial charge in [0, 0.05) is 25.2 Å². The molecule has 0 atom stereocenters. The minimum atomic E-state index is 0.402. The van der Waals surface area contributed by atoms with E-state index in [2.05, 4.69) is 46.3 Å². The van der Waals surface area contributed by atoms with Crippen LogP contribution >= 0.6 is 0 Å². The van der Waals surface area contributed by atoms with Crippen LogP contribution in [0.1, 0.15) is 45.1 Å². The Morgan fingerprint density at radius 3 is 2.40 bits per heavy atom. The van der Waals surface area contributed by atoms with Gasteiger partial charge in [-0.15, -0.1) is 0 Å². The summed E-state index contributed by atoms with van der Waals surface area (Å²) in [6, 6.07) is 0. The van der Waals surface area contributed by atoms with E-state index in [1.165, 1.54) is 31.5 Å². The molecule has 1 aliphatic heterocycles. The van der Waals surface area contributed by atoms with Crippen LogP contribution in [-0.2, 0) is 0 Å². The van der Waals surface area contributed by atoms with E-state index in [9.17, 15) is 0 Å². The van der Waals surface area contributed by atoms with Gasteiger partial charge in [-0.25, -0.2) is 9.97 Å². The average molecular weight is 277 g/mol. The smallest absolute Gasteiger partial charge is 0.135 e. The van der Waals surface area contributed by atoms with E-state index in [1.807, 2.05) is 0 Å². The van der Waals surface area contributed by atoms with Crippen molar-refractivity contribution in [3.8, 4) is 0 Å². The Labute approximate surface area is 122 Å². The lowest BCUT2D eigenvalue weighted by Gasteiger charge is -2.19. The fourth-order valence-electron chi connectivity index (χ4n) is 2.73. The zero-order valence-corrected chi connectivity index (χ0v) is 12.9. The molecule has 0 radical (unpaired) electrons. The Morgan fingerprint density at radius 1 is 1.15 bits per heavy atom. The molecule has 2 N–H and O–H groups in total. The molecule has 2 heterocycles. The second-order valence-electron chi connectivity index (χ2n) is 5.65. The molecule has 0 aromatic carbocycles. The summed E-state index contributed by atoms with van der Waals surface area (Å²) in [6.07, 6.45) is 4.33.